The molecule has 5 nitrogen and oxygen atoms in total. The smallest absolute Gasteiger partial charge is 0.317 e. The third kappa shape index (κ3) is 5.51. The second-order valence-corrected chi connectivity index (χ2v) is 8.15. The van der Waals surface area contributed by atoms with Gasteiger partial charge in [-0.3, -0.25) is 4.90 Å². The van der Waals surface area contributed by atoms with Gasteiger partial charge in [0.1, 0.15) is 0 Å². The van der Waals surface area contributed by atoms with E-state index in [9.17, 15) is 4.79 Å². The number of hydrogen-bond acceptors (Lipinski definition) is 3. The highest BCUT2D eigenvalue weighted by atomic mass is 16.2. The molecule has 156 valence electrons. The number of urea groups is 1. The molecule has 1 N–H and O–H groups in total. The first-order valence-electron chi connectivity index (χ1n) is 10.5. The van der Waals surface area contributed by atoms with Crippen LogP contribution in [0.15, 0.2) is 48.5 Å². The van der Waals surface area contributed by atoms with Gasteiger partial charge in [0.15, 0.2) is 0 Å². The fourth-order valence-electron chi connectivity index (χ4n) is 3.95. The second-order valence-electron chi connectivity index (χ2n) is 8.15. The molecule has 1 unspecified atom stereocenters. The average molecular weight is 395 g/mol. The van der Waals surface area contributed by atoms with Crippen LogP contribution < -0.4 is 10.2 Å². The van der Waals surface area contributed by atoms with E-state index in [4.69, 9.17) is 0 Å². The number of nitrogens with zero attached hydrogens (tertiary/aromatic N) is 3. The number of amides is 2. The molecule has 1 aliphatic rings. The average Bonchev–Trinajstić information content (AvgIpc) is 2.74. The quantitative estimate of drug-likeness (QED) is 0.778. The zero-order chi connectivity index (χ0) is 20.8. The van der Waals surface area contributed by atoms with Crippen molar-refractivity contribution in [1.29, 1.82) is 0 Å². The highest BCUT2D eigenvalue weighted by Crippen LogP contribution is 2.21. The van der Waals surface area contributed by atoms with Crippen LogP contribution in [-0.2, 0) is 19.5 Å². The van der Waals surface area contributed by atoms with Crippen LogP contribution in [0.2, 0.25) is 0 Å². The molecule has 29 heavy (non-hydrogen) atoms. The highest BCUT2D eigenvalue weighted by molar-refractivity contribution is 5.73. The maximum absolute atomic E-state index is 12.6. The largest absolute Gasteiger partial charge is 0.378 e. The molecule has 0 fully saturated rings. The van der Waals surface area contributed by atoms with Crippen LogP contribution in [0.4, 0.5) is 10.5 Å². The van der Waals surface area contributed by atoms with Crippen LogP contribution in [0.3, 0.4) is 0 Å². The number of nitrogens with one attached hydrogen (secondary N) is 1. The monoisotopic (exact) mass is 394 g/mol. The fourth-order valence-corrected chi connectivity index (χ4v) is 3.95. The van der Waals surface area contributed by atoms with E-state index in [-0.39, 0.29) is 6.03 Å². The summed E-state index contributed by atoms with van der Waals surface area (Å²) in [5.74, 6) is 0. The summed E-state index contributed by atoms with van der Waals surface area (Å²) in [4.78, 5) is 18.9. The van der Waals surface area contributed by atoms with Gasteiger partial charge in [-0.05, 0) is 41.7 Å². The normalized spacial score (nSPS) is 14.8. The lowest BCUT2D eigenvalue weighted by molar-refractivity contribution is 0.163. The lowest BCUT2D eigenvalue weighted by atomic mass is 9.98. The first kappa shape index (κ1) is 21.2. The molecule has 2 aromatic carbocycles. The molecule has 1 atom stereocenters. The number of anilines is 1. The molecule has 0 aliphatic carbocycles. The Hall–Kier alpha value is -2.53. The van der Waals surface area contributed by atoms with Crippen LogP contribution in [0.1, 0.15) is 30.0 Å². The van der Waals surface area contributed by atoms with E-state index in [0.29, 0.717) is 19.1 Å². The van der Waals surface area contributed by atoms with Gasteiger partial charge in [0, 0.05) is 59.1 Å². The third-order valence-electron chi connectivity index (χ3n) is 5.86. The predicted molar refractivity (Wildman–Crippen MR) is 120 cm³/mol. The first-order chi connectivity index (χ1) is 14.0. The summed E-state index contributed by atoms with van der Waals surface area (Å²) in [7, 11) is 5.91. The van der Waals surface area contributed by atoms with E-state index in [1.54, 1.807) is 4.90 Å². The van der Waals surface area contributed by atoms with Gasteiger partial charge in [-0.15, -0.1) is 0 Å². The molecule has 1 heterocycles. The Labute approximate surface area is 175 Å². The topological polar surface area (TPSA) is 38.8 Å². The zero-order valence-electron chi connectivity index (χ0n) is 18.2. The standard InChI is InChI=1S/C24H34N4O/c1-5-22(28-15-14-20-8-6-7-9-21(20)18-28)16-25-24(29)27(4)17-19-10-12-23(13-11-19)26(2)3/h6-13,22H,5,14-18H2,1-4H3,(H,25,29). The summed E-state index contributed by atoms with van der Waals surface area (Å²) in [6, 6.07) is 17.4. The molecule has 0 spiro atoms. The first-order valence-corrected chi connectivity index (χ1v) is 10.5. The van der Waals surface area contributed by atoms with E-state index in [0.717, 1.165) is 37.2 Å². The van der Waals surface area contributed by atoms with E-state index < -0.39 is 0 Å². The van der Waals surface area contributed by atoms with Gasteiger partial charge in [0.05, 0.1) is 0 Å². The van der Waals surface area contributed by atoms with Crippen molar-refractivity contribution in [2.45, 2.75) is 38.9 Å². The molecule has 3 rings (SSSR count). The summed E-state index contributed by atoms with van der Waals surface area (Å²) in [5.41, 5.74) is 5.17. The summed E-state index contributed by atoms with van der Waals surface area (Å²) in [6.07, 6.45) is 2.11. The van der Waals surface area contributed by atoms with Crippen molar-refractivity contribution < 1.29 is 4.79 Å². The van der Waals surface area contributed by atoms with Crippen molar-refractivity contribution in [1.82, 2.24) is 15.1 Å². The lowest BCUT2D eigenvalue weighted by Gasteiger charge is -2.35. The van der Waals surface area contributed by atoms with Crippen LogP contribution >= 0.6 is 0 Å². The Kier molecular flexibility index (Phi) is 7.15. The fraction of sp³-hybridized carbons (Fsp3) is 0.458. The minimum Gasteiger partial charge on any atom is -0.378 e. The molecule has 2 aromatic rings. The van der Waals surface area contributed by atoms with Crippen molar-refractivity contribution in [2.75, 3.05) is 39.1 Å². The Bertz CT molecular complexity index is 803. The summed E-state index contributed by atoms with van der Waals surface area (Å²) >= 11 is 0. The van der Waals surface area contributed by atoms with Crippen LogP contribution in [0.25, 0.3) is 0 Å². The number of benzene rings is 2. The van der Waals surface area contributed by atoms with E-state index >= 15 is 0 Å². The van der Waals surface area contributed by atoms with Crippen LogP contribution in [-0.4, -0.2) is 56.1 Å². The highest BCUT2D eigenvalue weighted by Gasteiger charge is 2.23. The Morgan fingerprint density at radius 3 is 2.41 bits per heavy atom. The summed E-state index contributed by atoms with van der Waals surface area (Å²) in [5, 5.41) is 3.14. The number of hydrogen-bond donors (Lipinski definition) is 1. The van der Waals surface area contributed by atoms with Gasteiger partial charge in [-0.25, -0.2) is 4.79 Å². The molecular formula is C24H34N4O. The van der Waals surface area contributed by atoms with E-state index in [2.05, 4.69) is 70.6 Å². The van der Waals surface area contributed by atoms with Crippen molar-refractivity contribution in [3.8, 4) is 0 Å². The summed E-state index contributed by atoms with van der Waals surface area (Å²) < 4.78 is 0. The summed E-state index contributed by atoms with van der Waals surface area (Å²) in [6.45, 7) is 5.51. The SMILES string of the molecule is CCC(CNC(=O)N(C)Cc1ccc(N(C)C)cc1)N1CCc2ccccc2C1. The Morgan fingerprint density at radius 1 is 1.07 bits per heavy atom. The number of fused-ring (bicyclic) bond motifs is 1. The van der Waals surface area contributed by atoms with Crippen molar-refractivity contribution in [3.63, 3.8) is 0 Å². The molecule has 0 bridgehead atoms. The second kappa shape index (κ2) is 9.79. The Balaban J connectivity index is 1.50. The zero-order valence-corrected chi connectivity index (χ0v) is 18.2. The maximum Gasteiger partial charge on any atom is 0.317 e. The van der Waals surface area contributed by atoms with Crippen molar-refractivity contribution in [3.05, 3.63) is 65.2 Å². The van der Waals surface area contributed by atoms with Gasteiger partial charge in [-0.1, -0.05) is 43.3 Å². The van der Waals surface area contributed by atoms with Crippen LogP contribution in [0, 0.1) is 0 Å². The molecule has 1 aliphatic heterocycles. The maximum atomic E-state index is 12.6. The van der Waals surface area contributed by atoms with Gasteiger partial charge in [0.2, 0.25) is 0 Å². The lowest BCUT2D eigenvalue weighted by Crippen LogP contribution is -2.48. The molecule has 0 saturated heterocycles. The predicted octanol–water partition coefficient (Wildman–Crippen LogP) is 3.73. The van der Waals surface area contributed by atoms with Crippen LogP contribution in [0.5, 0.6) is 0 Å². The van der Waals surface area contributed by atoms with E-state index in [1.165, 1.54) is 11.1 Å². The molecule has 0 radical (unpaired) electrons. The number of rotatable bonds is 7. The minimum atomic E-state index is -0.0162. The molecular weight excluding hydrogens is 360 g/mol. The molecule has 5 heteroatoms. The van der Waals surface area contributed by atoms with Gasteiger partial charge < -0.3 is 15.1 Å². The van der Waals surface area contributed by atoms with Gasteiger partial charge in [-0.2, -0.15) is 0 Å². The van der Waals surface area contributed by atoms with Gasteiger partial charge >= 0.3 is 6.03 Å². The number of carbonyl (C=O) groups excluding carboxylic acids is 1. The molecule has 0 saturated carbocycles. The van der Waals surface area contributed by atoms with E-state index in [1.807, 2.05) is 21.1 Å². The minimum absolute atomic E-state index is 0.0162. The Morgan fingerprint density at radius 2 is 1.76 bits per heavy atom. The van der Waals surface area contributed by atoms with Crippen molar-refractivity contribution in [2.24, 2.45) is 0 Å². The van der Waals surface area contributed by atoms with Gasteiger partial charge in [0.25, 0.3) is 0 Å². The molecule has 2 amide bonds. The molecule has 0 aromatic heterocycles. The third-order valence-corrected chi connectivity index (χ3v) is 5.86. The van der Waals surface area contributed by atoms with Crippen molar-refractivity contribution >= 4 is 11.7 Å². The number of carbonyl (C=O) groups is 1.